The second kappa shape index (κ2) is 6.78. The van der Waals surface area contributed by atoms with Crippen molar-refractivity contribution in [1.29, 1.82) is 0 Å². The van der Waals surface area contributed by atoms with Crippen LogP contribution < -0.4 is 10.1 Å². The quantitative estimate of drug-likeness (QED) is 0.749. The minimum Gasteiger partial charge on any atom is -0.437 e. The number of pyridine rings is 1. The monoisotopic (exact) mass is 329 g/mol. The van der Waals surface area contributed by atoms with Gasteiger partial charge in [-0.1, -0.05) is 6.92 Å². The highest BCUT2D eigenvalue weighted by atomic mass is 32.1. The van der Waals surface area contributed by atoms with Gasteiger partial charge in [-0.25, -0.2) is 9.67 Å². The predicted octanol–water partition coefficient (Wildman–Crippen LogP) is 3.55. The van der Waals surface area contributed by atoms with E-state index in [1.807, 2.05) is 32.3 Å². The van der Waals surface area contributed by atoms with Gasteiger partial charge in [-0.3, -0.25) is 4.98 Å². The molecule has 0 amide bonds. The van der Waals surface area contributed by atoms with Crippen LogP contribution in [0, 0.1) is 6.92 Å². The molecule has 23 heavy (non-hydrogen) atoms. The predicted molar refractivity (Wildman–Crippen MR) is 91.1 cm³/mol. The fourth-order valence-corrected chi connectivity index (χ4v) is 3.00. The largest absolute Gasteiger partial charge is 0.437 e. The first kappa shape index (κ1) is 15.5. The summed E-state index contributed by atoms with van der Waals surface area (Å²) in [5, 5.41) is 8.72. The summed E-state index contributed by atoms with van der Waals surface area (Å²) in [7, 11) is 1.88. The van der Waals surface area contributed by atoms with Crippen molar-refractivity contribution < 1.29 is 4.74 Å². The molecule has 0 saturated heterocycles. The van der Waals surface area contributed by atoms with Crippen molar-refractivity contribution in [1.82, 2.24) is 19.7 Å². The lowest BCUT2D eigenvalue weighted by Gasteiger charge is -2.09. The van der Waals surface area contributed by atoms with Crippen LogP contribution in [-0.2, 0) is 20.0 Å². The van der Waals surface area contributed by atoms with E-state index in [2.05, 4.69) is 27.3 Å². The lowest BCUT2D eigenvalue weighted by atomic mass is 10.2. The van der Waals surface area contributed by atoms with Crippen molar-refractivity contribution in [3.8, 4) is 11.6 Å². The summed E-state index contributed by atoms with van der Waals surface area (Å²) in [6.45, 7) is 4.72. The maximum absolute atomic E-state index is 5.96. The molecule has 0 aromatic carbocycles. The average molecular weight is 329 g/mol. The number of aromatic nitrogens is 4. The fraction of sp³-hybridized carbons (Fsp3) is 0.312. The first-order chi connectivity index (χ1) is 11.2. The van der Waals surface area contributed by atoms with Gasteiger partial charge in [0, 0.05) is 30.9 Å². The van der Waals surface area contributed by atoms with Gasteiger partial charge in [0.05, 0.1) is 17.5 Å². The van der Waals surface area contributed by atoms with Crippen molar-refractivity contribution in [3.05, 3.63) is 46.9 Å². The number of hydrogen-bond donors (Lipinski definition) is 1. The molecule has 0 aliphatic rings. The Labute approximate surface area is 139 Å². The number of nitrogens with one attached hydrogen (secondary N) is 1. The standard InChI is InChI=1S/C16H19N5OS/c1-4-13-9-18-16(23-13)19-10-14-11(2)20-21(3)15(14)22-12-6-5-7-17-8-12/h5-9H,4,10H2,1-3H3,(H,18,19). The smallest absolute Gasteiger partial charge is 0.222 e. The molecule has 0 aliphatic carbocycles. The van der Waals surface area contributed by atoms with Gasteiger partial charge in [0.15, 0.2) is 5.13 Å². The molecule has 3 rings (SSSR count). The lowest BCUT2D eigenvalue weighted by molar-refractivity contribution is 0.425. The third-order valence-electron chi connectivity index (χ3n) is 3.46. The van der Waals surface area contributed by atoms with Crippen LogP contribution in [0.5, 0.6) is 11.6 Å². The van der Waals surface area contributed by atoms with E-state index in [0.29, 0.717) is 12.3 Å². The third-order valence-corrected chi connectivity index (χ3v) is 4.56. The fourth-order valence-electron chi connectivity index (χ4n) is 2.25. The van der Waals surface area contributed by atoms with Crippen LogP contribution in [0.15, 0.2) is 30.7 Å². The SMILES string of the molecule is CCc1cnc(NCc2c(C)nn(C)c2Oc2cccnc2)s1. The van der Waals surface area contributed by atoms with Crippen LogP contribution >= 0.6 is 11.3 Å². The van der Waals surface area contributed by atoms with E-state index in [9.17, 15) is 0 Å². The lowest BCUT2D eigenvalue weighted by Crippen LogP contribution is -2.02. The summed E-state index contributed by atoms with van der Waals surface area (Å²) in [6.07, 6.45) is 6.32. The molecule has 3 aromatic rings. The molecule has 0 atom stereocenters. The van der Waals surface area contributed by atoms with Gasteiger partial charge in [-0.05, 0) is 25.5 Å². The molecule has 0 fully saturated rings. The zero-order chi connectivity index (χ0) is 16.2. The maximum Gasteiger partial charge on any atom is 0.222 e. The molecular formula is C16H19N5OS. The van der Waals surface area contributed by atoms with E-state index in [0.717, 1.165) is 28.7 Å². The first-order valence-corrected chi connectivity index (χ1v) is 8.28. The minimum atomic E-state index is 0.617. The van der Waals surface area contributed by atoms with Gasteiger partial charge < -0.3 is 10.1 Å². The van der Waals surface area contributed by atoms with Crippen molar-refractivity contribution >= 4 is 16.5 Å². The summed E-state index contributed by atoms with van der Waals surface area (Å²) in [5.74, 6) is 1.41. The summed E-state index contributed by atoms with van der Waals surface area (Å²) < 4.78 is 7.71. The summed E-state index contributed by atoms with van der Waals surface area (Å²) in [4.78, 5) is 9.72. The van der Waals surface area contributed by atoms with E-state index in [1.54, 1.807) is 28.4 Å². The minimum absolute atomic E-state index is 0.617. The number of nitrogens with zero attached hydrogens (tertiary/aromatic N) is 4. The van der Waals surface area contributed by atoms with Gasteiger partial charge in [-0.15, -0.1) is 11.3 Å². The Bertz CT molecular complexity index is 781. The van der Waals surface area contributed by atoms with Gasteiger partial charge in [0.2, 0.25) is 5.88 Å². The maximum atomic E-state index is 5.96. The number of anilines is 1. The second-order valence-electron chi connectivity index (χ2n) is 5.12. The molecule has 0 unspecified atom stereocenters. The van der Waals surface area contributed by atoms with E-state index in [4.69, 9.17) is 4.74 Å². The van der Waals surface area contributed by atoms with Gasteiger partial charge in [0.1, 0.15) is 5.75 Å². The van der Waals surface area contributed by atoms with Gasteiger partial charge in [0.25, 0.3) is 0 Å². The van der Waals surface area contributed by atoms with Crippen LogP contribution in [-0.4, -0.2) is 19.7 Å². The van der Waals surface area contributed by atoms with Crippen molar-refractivity contribution in [3.63, 3.8) is 0 Å². The molecule has 0 bridgehead atoms. The second-order valence-corrected chi connectivity index (χ2v) is 6.24. The van der Waals surface area contributed by atoms with E-state index >= 15 is 0 Å². The highest BCUT2D eigenvalue weighted by molar-refractivity contribution is 7.15. The molecule has 120 valence electrons. The Hall–Kier alpha value is -2.41. The van der Waals surface area contributed by atoms with Crippen LogP contribution in [0.3, 0.4) is 0 Å². The summed E-state index contributed by atoms with van der Waals surface area (Å²) >= 11 is 1.67. The number of thiazole rings is 1. The summed E-state index contributed by atoms with van der Waals surface area (Å²) in [6, 6.07) is 3.72. The van der Waals surface area contributed by atoms with Crippen LogP contribution in [0.2, 0.25) is 0 Å². The Morgan fingerprint density at radius 1 is 1.35 bits per heavy atom. The molecule has 0 radical (unpaired) electrons. The molecule has 1 N–H and O–H groups in total. The molecule has 0 aliphatic heterocycles. The van der Waals surface area contributed by atoms with E-state index in [-0.39, 0.29) is 0 Å². The van der Waals surface area contributed by atoms with Crippen molar-refractivity contribution in [2.45, 2.75) is 26.8 Å². The molecular weight excluding hydrogens is 310 g/mol. The molecule has 6 nitrogen and oxygen atoms in total. The topological polar surface area (TPSA) is 64.9 Å². The molecule has 0 spiro atoms. The van der Waals surface area contributed by atoms with Gasteiger partial charge >= 0.3 is 0 Å². The molecule has 3 aromatic heterocycles. The Morgan fingerprint density at radius 2 is 2.22 bits per heavy atom. The average Bonchev–Trinajstić information content (AvgIpc) is 3.12. The van der Waals surface area contributed by atoms with Gasteiger partial charge in [-0.2, -0.15) is 5.10 Å². The Morgan fingerprint density at radius 3 is 2.91 bits per heavy atom. The normalized spacial score (nSPS) is 10.7. The van der Waals surface area contributed by atoms with E-state index < -0.39 is 0 Å². The zero-order valence-electron chi connectivity index (χ0n) is 13.4. The molecule has 0 saturated carbocycles. The highest BCUT2D eigenvalue weighted by Gasteiger charge is 2.16. The zero-order valence-corrected chi connectivity index (χ0v) is 14.2. The number of hydrogen-bond acceptors (Lipinski definition) is 6. The van der Waals surface area contributed by atoms with Crippen LogP contribution in [0.1, 0.15) is 23.1 Å². The molecule has 7 heteroatoms. The number of rotatable bonds is 6. The Balaban J connectivity index is 1.78. The van der Waals surface area contributed by atoms with Crippen LogP contribution in [0.25, 0.3) is 0 Å². The summed E-state index contributed by atoms with van der Waals surface area (Å²) in [5.41, 5.74) is 1.95. The van der Waals surface area contributed by atoms with E-state index in [1.165, 1.54) is 4.88 Å². The third kappa shape index (κ3) is 3.50. The molecule has 3 heterocycles. The van der Waals surface area contributed by atoms with Crippen molar-refractivity contribution in [2.75, 3.05) is 5.32 Å². The first-order valence-electron chi connectivity index (χ1n) is 7.46. The number of ether oxygens (including phenoxy) is 1. The van der Waals surface area contributed by atoms with Crippen LogP contribution in [0.4, 0.5) is 5.13 Å². The Kier molecular flexibility index (Phi) is 4.57. The van der Waals surface area contributed by atoms with Crippen molar-refractivity contribution in [2.24, 2.45) is 7.05 Å². The number of aryl methyl sites for hydroxylation is 3. The highest BCUT2D eigenvalue weighted by Crippen LogP contribution is 2.28.